The number of aryl methyl sites for hydroxylation is 2. The lowest BCUT2D eigenvalue weighted by Crippen LogP contribution is -2.43. The number of rotatable bonds is 3. The predicted molar refractivity (Wildman–Crippen MR) is 96.2 cm³/mol. The van der Waals surface area contributed by atoms with Crippen molar-refractivity contribution in [3.8, 4) is 0 Å². The molecule has 1 unspecified atom stereocenters. The Labute approximate surface area is 147 Å². The summed E-state index contributed by atoms with van der Waals surface area (Å²) in [7, 11) is 0. The van der Waals surface area contributed by atoms with E-state index in [-0.39, 0.29) is 6.54 Å². The van der Waals surface area contributed by atoms with E-state index in [4.69, 9.17) is 0 Å². The van der Waals surface area contributed by atoms with Gasteiger partial charge in [-0.15, -0.1) is 0 Å². The molecule has 1 aliphatic carbocycles. The van der Waals surface area contributed by atoms with Crippen molar-refractivity contribution in [3.05, 3.63) is 64.7 Å². The summed E-state index contributed by atoms with van der Waals surface area (Å²) in [5, 5.41) is 16.0. The quantitative estimate of drug-likeness (QED) is 0.751. The Morgan fingerprint density at radius 1 is 1.08 bits per heavy atom. The van der Waals surface area contributed by atoms with Crippen LogP contribution in [0.4, 0.5) is 5.69 Å². The van der Waals surface area contributed by atoms with Crippen LogP contribution < -0.4 is 10.6 Å². The zero-order chi connectivity index (χ0) is 18.0. The summed E-state index contributed by atoms with van der Waals surface area (Å²) in [6.07, 6.45) is 1.29. The standard InChI is InChI=1S/C20H22N2O3/c1-13-6-5-9-17(14(13)2)22-19(24)18(23)21-12-20(25)11-10-15-7-3-4-8-16(15)20/h3-9,25H,10-12H2,1-2H3,(H,21,23)(H,22,24). The molecule has 5 heteroatoms. The van der Waals surface area contributed by atoms with Crippen LogP contribution in [0.5, 0.6) is 0 Å². The van der Waals surface area contributed by atoms with Crippen molar-refractivity contribution >= 4 is 17.5 Å². The minimum atomic E-state index is -1.12. The van der Waals surface area contributed by atoms with Gasteiger partial charge < -0.3 is 15.7 Å². The number of amides is 2. The second kappa shape index (κ2) is 6.69. The van der Waals surface area contributed by atoms with E-state index in [1.54, 1.807) is 6.07 Å². The molecule has 1 aliphatic rings. The van der Waals surface area contributed by atoms with Gasteiger partial charge in [0.25, 0.3) is 0 Å². The molecule has 0 radical (unpaired) electrons. The minimum Gasteiger partial charge on any atom is -0.383 e. The van der Waals surface area contributed by atoms with Gasteiger partial charge in [-0.2, -0.15) is 0 Å². The zero-order valence-electron chi connectivity index (χ0n) is 14.4. The number of anilines is 1. The molecule has 0 bridgehead atoms. The van der Waals surface area contributed by atoms with Crippen LogP contribution in [0.1, 0.15) is 28.7 Å². The molecule has 1 atom stereocenters. The molecule has 0 aromatic heterocycles. The Hall–Kier alpha value is -2.66. The number of hydrogen-bond donors (Lipinski definition) is 3. The number of hydrogen-bond acceptors (Lipinski definition) is 3. The van der Waals surface area contributed by atoms with E-state index < -0.39 is 17.4 Å². The molecule has 2 amide bonds. The van der Waals surface area contributed by atoms with Gasteiger partial charge >= 0.3 is 11.8 Å². The Balaban J connectivity index is 1.63. The highest BCUT2D eigenvalue weighted by Crippen LogP contribution is 2.36. The number of carbonyl (C=O) groups excluding carboxylic acids is 2. The summed E-state index contributed by atoms with van der Waals surface area (Å²) < 4.78 is 0. The maximum atomic E-state index is 12.1. The third-order valence-corrected chi connectivity index (χ3v) is 4.93. The van der Waals surface area contributed by atoms with Crippen molar-refractivity contribution in [3.63, 3.8) is 0 Å². The Morgan fingerprint density at radius 2 is 1.84 bits per heavy atom. The maximum absolute atomic E-state index is 12.1. The number of carbonyl (C=O) groups is 2. The van der Waals surface area contributed by atoms with Crippen LogP contribution in [0.15, 0.2) is 42.5 Å². The Kier molecular flexibility index (Phi) is 4.59. The summed E-state index contributed by atoms with van der Waals surface area (Å²) >= 11 is 0. The van der Waals surface area contributed by atoms with Crippen LogP contribution in [0.3, 0.4) is 0 Å². The average Bonchev–Trinajstić information content (AvgIpc) is 2.95. The lowest BCUT2D eigenvalue weighted by Gasteiger charge is -2.24. The van der Waals surface area contributed by atoms with Crippen molar-refractivity contribution in [2.24, 2.45) is 0 Å². The first-order valence-corrected chi connectivity index (χ1v) is 8.37. The van der Waals surface area contributed by atoms with Crippen molar-refractivity contribution in [2.45, 2.75) is 32.3 Å². The third kappa shape index (κ3) is 3.42. The highest BCUT2D eigenvalue weighted by Gasteiger charge is 2.37. The van der Waals surface area contributed by atoms with Gasteiger partial charge in [0, 0.05) is 5.69 Å². The van der Waals surface area contributed by atoms with E-state index in [9.17, 15) is 14.7 Å². The van der Waals surface area contributed by atoms with Crippen LogP contribution in [-0.4, -0.2) is 23.5 Å². The largest absolute Gasteiger partial charge is 0.383 e. The van der Waals surface area contributed by atoms with Gasteiger partial charge in [-0.05, 0) is 55.0 Å². The number of nitrogens with one attached hydrogen (secondary N) is 2. The summed E-state index contributed by atoms with van der Waals surface area (Å²) in [4.78, 5) is 24.2. The molecule has 2 aromatic carbocycles. The average molecular weight is 338 g/mol. The van der Waals surface area contributed by atoms with E-state index in [0.717, 1.165) is 28.7 Å². The second-order valence-corrected chi connectivity index (χ2v) is 6.57. The zero-order valence-corrected chi connectivity index (χ0v) is 14.4. The highest BCUT2D eigenvalue weighted by atomic mass is 16.3. The van der Waals surface area contributed by atoms with E-state index in [2.05, 4.69) is 10.6 Å². The lowest BCUT2D eigenvalue weighted by atomic mass is 9.96. The predicted octanol–water partition coefficient (Wildman–Crippen LogP) is 2.19. The van der Waals surface area contributed by atoms with Gasteiger partial charge in [-0.25, -0.2) is 0 Å². The van der Waals surface area contributed by atoms with E-state index in [1.165, 1.54) is 0 Å². The van der Waals surface area contributed by atoms with Gasteiger partial charge in [-0.1, -0.05) is 36.4 Å². The molecule has 0 saturated carbocycles. The fraction of sp³-hybridized carbons (Fsp3) is 0.300. The van der Waals surface area contributed by atoms with Gasteiger partial charge in [0.15, 0.2) is 0 Å². The first-order chi connectivity index (χ1) is 11.9. The molecular formula is C20H22N2O3. The molecule has 130 valence electrons. The molecule has 0 aliphatic heterocycles. The van der Waals surface area contributed by atoms with E-state index >= 15 is 0 Å². The molecule has 3 N–H and O–H groups in total. The maximum Gasteiger partial charge on any atom is 0.313 e. The summed E-state index contributed by atoms with van der Waals surface area (Å²) in [5.41, 5.74) is 3.36. The first-order valence-electron chi connectivity index (χ1n) is 8.37. The fourth-order valence-corrected chi connectivity index (χ4v) is 3.22. The monoisotopic (exact) mass is 338 g/mol. The van der Waals surface area contributed by atoms with E-state index in [0.29, 0.717) is 12.1 Å². The van der Waals surface area contributed by atoms with Crippen molar-refractivity contribution in [1.29, 1.82) is 0 Å². The topological polar surface area (TPSA) is 78.4 Å². The van der Waals surface area contributed by atoms with Gasteiger partial charge in [0.05, 0.1) is 6.54 Å². The summed E-state index contributed by atoms with van der Waals surface area (Å²) in [5.74, 6) is -1.48. The fourth-order valence-electron chi connectivity index (χ4n) is 3.22. The summed E-state index contributed by atoms with van der Waals surface area (Å²) in [6.45, 7) is 3.85. The highest BCUT2D eigenvalue weighted by molar-refractivity contribution is 6.39. The molecule has 0 spiro atoms. The molecule has 5 nitrogen and oxygen atoms in total. The van der Waals surface area contributed by atoms with Crippen LogP contribution in [0.2, 0.25) is 0 Å². The van der Waals surface area contributed by atoms with Crippen LogP contribution in [0.25, 0.3) is 0 Å². The SMILES string of the molecule is Cc1cccc(NC(=O)C(=O)NCC2(O)CCc3ccccc32)c1C. The van der Waals surface area contributed by atoms with Gasteiger partial charge in [0.2, 0.25) is 0 Å². The van der Waals surface area contributed by atoms with Crippen LogP contribution in [-0.2, 0) is 21.6 Å². The third-order valence-electron chi connectivity index (χ3n) is 4.93. The second-order valence-electron chi connectivity index (χ2n) is 6.57. The van der Waals surface area contributed by atoms with Crippen molar-refractivity contribution in [2.75, 3.05) is 11.9 Å². The normalized spacial score (nSPS) is 18.5. The van der Waals surface area contributed by atoms with Gasteiger partial charge in [-0.3, -0.25) is 9.59 Å². The number of benzene rings is 2. The number of aliphatic hydroxyl groups is 1. The number of fused-ring (bicyclic) bond motifs is 1. The molecular weight excluding hydrogens is 316 g/mol. The van der Waals surface area contributed by atoms with Crippen molar-refractivity contribution < 1.29 is 14.7 Å². The smallest absolute Gasteiger partial charge is 0.313 e. The molecule has 0 heterocycles. The summed E-state index contributed by atoms with van der Waals surface area (Å²) in [6, 6.07) is 13.2. The molecule has 0 saturated heterocycles. The molecule has 25 heavy (non-hydrogen) atoms. The first kappa shape index (κ1) is 17.2. The van der Waals surface area contributed by atoms with Crippen molar-refractivity contribution in [1.82, 2.24) is 5.32 Å². The lowest BCUT2D eigenvalue weighted by molar-refractivity contribution is -0.136. The van der Waals surface area contributed by atoms with Gasteiger partial charge in [0.1, 0.15) is 5.60 Å². The molecule has 0 fully saturated rings. The Bertz CT molecular complexity index is 831. The Morgan fingerprint density at radius 3 is 2.64 bits per heavy atom. The minimum absolute atomic E-state index is 0.0169. The van der Waals surface area contributed by atoms with Crippen LogP contribution in [0, 0.1) is 13.8 Å². The molecule has 3 rings (SSSR count). The van der Waals surface area contributed by atoms with Crippen LogP contribution >= 0.6 is 0 Å². The molecule has 2 aromatic rings. The van der Waals surface area contributed by atoms with E-state index in [1.807, 2.05) is 50.2 Å².